The molecule has 0 amide bonds. The molecule has 6 heteroatoms. The van der Waals surface area contributed by atoms with Crippen molar-refractivity contribution in [2.45, 2.75) is 51.0 Å². The van der Waals surface area contributed by atoms with E-state index in [1.54, 1.807) is 12.1 Å². The predicted molar refractivity (Wildman–Crippen MR) is 146 cm³/mol. The average Bonchev–Trinajstić information content (AvgIpc) is 2.84. The Hall–Kier alpha value is -2.96. The highest BCUT2D eigenvalue weighted by Crippen LogP contribution is 2.23. The Kier molecular flexibility index (Phi) is 8.37. The molecule has 0 bridgehead atoms. The first kappa shape index (κ1) is 25.1. The van der Waals surface area contributed by atoms with Gasteiger partial charge in [0, 0.05) is 29.2 Å². The lowest BCUT2D eigenvalue weighted by Crippen LogP contribution is -2.45. The van der Waals surface area contributed by atoms with Crippen LogP contribution in [0.2, 0.25) is 0 Å². The number of hydrogen-bond acceptors (Lipinski definition) is 4. The molecule has 0 aliphatic carbocycles. The van der Waals surface area contributed by atoms with E-state index in [2.05, 4.69) is 41.0 Å². The summed E-state index contributed by atoms with van der Waals surface area (Å²) in [5.74, 6) is -0.000129. The fraction of sp³-hybridized carbons (Fsp3) is 0.448. The average molecular weight is 474 g/mol. The number of pyridine rings is 1. The third-order valence-electron chi connectivity index (χ3n) is 7.13. The van der Waals surface area contributed by atoms with Crippen molar-refractivity contribution in [2.24, 2.45) is 5.73 Å². The minimum Gasteiger partial charge on any atom is -0.384 e. The van der Waals surface area contributed by atoms with Gasteiger partial charge >= 0.3 is 0 Å². The zero-order valence-electron chi connectivity index (χ0n) is 21.1. The van der Waals surface area contributed by atoms with Crippen molar-refractivity contribution < 1.29 is 0 Å². The van der Waals surface area contributed by atoms with Gasteiger partial charge in [-0.3, -0.25) is 15.1 Å². The molecule has 1 saturated heterocycles. The van der Waals surface area contributed by atoms with E-state index in [-0.39, 0.29) is 11.4 Å². The topological polar surface area (TPSA) is 89.2 Å². The molecule has 3 aromatic rings. The summed E-state index contributed by atoms with van der Waals surface area (Å²) in [5, 5.41) is 8.72. The smallest absolute Gasteiger partial charge is 0.256 e. The van der Waals surface area contributed by atoms with Gasteiger partial charge in [-0.25, -0.2) is 0 Å². The van der Waals surface area contributed by atoms with Crippen molar-refractivity contribution in [1.29, 1.82) is 5.41 Å². The molecule has 1 fully saturated rings. The van der Waals surface area contributed by atoms with Gasteiger partial charge in [0.05, 0.1) is 0 Å². The van der Waals surface area contributed by atoms with Gasteiger partial charge in [-0.2, -0.15) is 0 Å². The number of rotatable bonds is 10. The zero-order chi connectivity index (χ0) is 24.8. The molecular formula is C29H39N5O. The number of nitrogens with zero attached hydrogens (tertiary/aromatic N) is 2. The molecule has 35 heavy (non-hydrogen) atoms. The molecule has 1 aliphatic heterocycles. The molecule has 4 N–H and O–H groups in total. The fourth-order valence-electron chi connectivity index (χ4n) is 5.28. The van der Waals surface area contributed by atoms with Gasteiger partial charge in [0.15, 0.2) is 0 Å². The van der Waals surface area contributed by atoms with Crippen molar-refractivity contribution in [3.05, 3.63) is 70.0 Å². The standard InChI is InChI=1S/C29H39N5O/c1-33(2)20-25-12-5-7-16-34(25)15-6-3-4-9-21-13-14-27-24(17-21)19-26(29(35)32-27)22-10-8-11-23(18-22)28(30)31/h8,10-11,13-14,17-19,25H,3-7,9,12,15-16,20H2,1-2H3,(H3,30,31)(H,32,35). The van der Waals surface area contributed by atoms with Crippen LogP contribution in [-0.2, 0) is 6.42 Å². The molecule has 2 aromatic carbocycles. The first-order chi connectivity index (χ1) is 16.9. The van der Waals surface area contributed by atoms with Crippen molar-refractivity contribution in [2.75, 3.05) is 33.7 Å². The third-order valence-corrected chi connectivity index (χ3v) is 7.13. The SMILES string of the molecule is CN(C)CC1CCCCN1CCCCCc1ccc2[nH]c(=O)c(-c3cccc(C(=N)N)c3)cc2c1. The van der Waals surface area contributed by atoms with E-state index in [1.165, 1.54) is 63.7 Å². The molecule has 1 aromatic heterocycles. The molecule has 1 unspecified atom stereocenters. The van der Waals surface area contributed by atoms with Gasteiger partial charge < -0.3 is 15.6 Å². The van der Waals surface area contributed by atoms with Crippen molar-refractivity contribution in [3.63, 3.8) is 0 Å². The number of amidine groups is 1. The molecule has 0 spiro atoms. The van der Waals surface area contributed by atoms with Crippen LogP contribution in [0.5, 0.6) is 0 Å². The third kappa shape index (κ3) is 6.59. The number of hydrogen-bond donors (Lipinski definition) is 3. The van der Waals surface area contributed by atoms with E-state index in [0.29, 0.717) is 17.2 Å². The molecule has 1 atom stereocenters. The van der Waals surface area contributed by atoms with E-state index in [4.69, 9.17) is 11.1 Å². The van der Waals surface area contributed by atoms with Crippen molar-refractivity contribution in [3.8, 4) is 11.1 Å². The largest absolute Gasteiger partial charge is 0.384 e. The van der Waals surface area contributed by atoms with Crippen LogP contribution in [0, 0.1) is 5.41 Å². The van der Waals surface area contributed by atoms with E-state index in [1.807, 2.05) is 24.3 Å². The van der Waals surface area contributed by atoms with Crippen LogP contribution in [0.1, 0.15) is 49.7 Å². The highest BCUT2D eigenvalue weighted by atomic mass is 16.1. The molecule has 4 rings (SSSR count). The lowest BCUT2D eigenvalue weighted by atomic mass is 9.99. The molecule has 186 valence electrons. The molecule has 2 heterocycles. The second kappa shape index (κ2) is 11.6. The number of likely N-dealkylation sites (tertiary alicyclic amines) is 1. The zero-order valence-corrected chi connectivity index (χ0v) is 21.1. The summed E-state index contributed by atoms with van der Waals surface area (Å²) in [6.45, 7) is 3.62. The maximum Gasteiger partial charge on any atom is 0.256 e. The van der Waals surface area contributed by atoms with Crippen LogP contribution < -0.4 is 11.3 Å². The van der Waals surface area contributed by atoms with Gasteiger partial charge in [0.25, 0.3) is 5.56 Å². The van der Waals surface area contributed by atoms with E-state index >= 15 is 0 Å². The summed E-state index contributed by atoms with van der Waals surface area (Å²) in [7, 11) is 4.36. The van der Waals surface area contributed by atoms with Gasteiger partial charge in [-0.1, -0.05) is 37.1 Å². The van der Waals surface area contributed by atoms with Crippen LogP contribution in [0.25, 0.3) is 22.0 Å². The number of aromatic amines is 1. The monoisotopic (exact) mass is 473 g/mol. The molecule has 0 radical (unpaired) electrons. The minimum absolute atomic E-state index is 0.000129. The maximum atomic E-state index is 12.7. The van der Waals surface area contributed by atoms with Crippen LogP contribution in [0.4, 0.5) is 0 Å². The maximum absolute atomic E-state index is 12.7. The summed E-state index contributed by atoms with van der Waals surface area (Å²) in [6, 6.07) is 16.3. The quantitative estimate of drug-likeness (QED) is 0.228. The highest BCUT2D eigenvalue weighted by molar-refractivity contribution is 5.96. The van der Waals surface area contributed by atoms with E-state index < -0.39 is 0 Å². The van der Waals surface area contributed by atoms with Crippen molar-refractivity contribution in [1.82, 2.24) is 14.8 Å². The summed E-state index contributed by atoms with van der Waals surface area (Å²) in [4.78, 5) is 20.8. The Labute approximate surface area is 208 Å². The van der Waals surface area contributed by atoms with Crippen molar-refractivity contribution >= 4 is 16.7 Å². The van der Waals surface area contributed by atoms with Crippen LogP contribution in [0.3, 0.4) is 0 Å². The summed E-state index contributed by atoms with van der Waals surface area (Å²) in [5.41, 5.74) is 9.66. The summed E-state index contributed by atoms with van der Waals surface area (Å²) < 4.78 is 0. The first-order valence-electron chi connectivity index (χ1n) is 12.9. The normalized spacial score (nSPS) is 16.7. The fourth-order valence-corrected chi connectivity index (χ4v) is 5.28. The van der Waals surface area contributed by atoms with Crippen LogP contribution in [-0.4, -0.2) is 60.4 Å². The lowest BCUT2D eigenvalue weighted by molar-refractivity contribution is 0.119. The van der Waals surface area contributed by atoms with Crippen LogP contribution in [0.15, 0.2) is 53.3 Å². The number of H-pyrrole nitrogens is 1. The number of piperidine rings is 1. The van der Waals surface area contributed by atoms with E-state index in [0.717, 1.165) is 22.9 Å². The van der Waals surface area contributed by atoms with Crippen LogP contribution >= 0.6 is 0 Å². The second-order valence-electron chi connectivity index (χ2n) is 10.2. The van der Waals surface area contributed by atoms with Gasteiger partial charge in [0.1, 0.15) is 5.84 Å². The first-order valence-corrected chi connectivity index (χ1v) is 12.9. The number of benzene rings is 2. The summed E-state index contributed by atoms with van der Waals surface area (Å²) >= 11 is 0. The number of fused-ring (bicyclic) bond motifs is 1. The summed E-state index contributed by atoms with van der Waals surface area (Å²) in [6.07, 6.45) is 8.74. The molecule has 0 saturated carbocycles. The number of nitrogens with two attached hydrogens (primary N) is 1. The lowest BCUT2D eigenvalue weighted by Gasteiger charge is -2.37. The number of aryl methyl sites for hydroxylation is 1. The Morgan fingerprint density at radius 1 is 1.11 bits per heavy atom. The minimum atomic E-state index is -0.128. The van der Waals surface area contributed by atoms with Gasteiger partial charge in [-0.15, -0.1) is 0 Å². The Morgan fingerprint density at radius 3 is 2.77 bits per heavy atom. The number of unbranched alkanes of at least 4 members (excludes halogenated alkanes) is 2. The van der Waals surface area contributed by atoms with E-state index in [9.17, 15) is 4.79 Å². The molecular weight excluding hydrogens is 434 g/mol. The van der Waals surface area contributed by atoms with Gasteiger partial charge in [0.2, 0.25) is 0 Å². The predicted octanol–water partition coefficient (Wildman–Crippen LogP) is 4.61. The Balaban J connectivity index is 1.37. The second-order valence-corrected chi connectivity index (χ2v) is 10.2. The number of aromatic nitrogens is 1. The van der Waals surface area contributed by atoms with Gasteiger partial charge in [-0.05, 0) is 100 Å². The number of likely N-dealkylation sites (N-methyl/N-ethyl adjacent to an activating group) is 1. The Bertz CT molecular complexity index is 1220. The molecule has 1 aliphatic rings. The highest BCUT2D eigenvalue weighted by Gasteiger charge is 2.22. The number of nitrogen functional groups attached to an aromatic ring is 1. The Morgan fingerprint density at radius 2 is 1.97 bits per heavy atom. The number of nitrogens with one attached hydrogen (secondary N) is 2. The molecule has 6 nitrogen and oxygen atoms in total.